The molecule has 10 heteroatoms. The molecule has 1 saturated heterocycles. The summed E-state index contributed by atoms with van der Waals surface area (Å²) in [6.07, 6.45) is 1.76. The van der Waals surface area contributed by atoms with E-state index in [1.807, 2.05) is 31.1 Å². The molecular formula is C22H25ClN4O3S2. The third-order valence-corrected chi connectivity index (χ3v) is 8.58. The first-order valence-electron chi connectivity index (χ1n) is 10.4. The van der Waals surface area contributed by atoms with Crippen molar-refractivity contribution in [1.29, 1.82) is 0 Å². The molecule has 1 fully saturated rings. The average Bonchev–Trinajstić information content (AvgIpc) is 3.44. The van der Waals surface area contributed by atoms with E-state index in [1.54, 1.807) is 23.1 Å². The highest BCUT2D eigenvalue weighted by molar-refractivity contribution is 7.89. The molecular weight excluding hydrogens is 468 g/mol. The van der Waals surface area contributed by atoms with Crippen LogP contribution in [-0.4, -0.2) is 68.8 Å². The zero-order chi connectivity index (χ0) is 22.9. The van der Waals surface area contributed by atoms with Crippen molar-refractivity contribution in [2.24, 2.45) is 0 Å². The number of rotatable bonds is 7. The van der Waals surface area contributed by atoms with E-state index in [-0.39, 0.29) is 10.8 Å². The number of benzene rings is 2. The number of sulfonamides is 1. The average molecular weight is 493 g/mol. The second-order valence-corrected chi connectivity index (χ2v) is 11.4. The Morgan fingerprint density at radius 2 is 1.78 bits per heavy atom. The number of hydrogen-bond donors (Lipinski definition) is 0. The number of carbonyl (C=O) groups is 1. The Bertz CT molecular complexity index is 1220. The van der Waals surface area contributed by atoms with E-state index < -0.39 is 10.0 Å². The van der Waals surface area contributed by atoms with Gasteiger partial charge in [0, 0.05) is 36.8 Å². The molecule has 1 aromatic heterocycles. The second kappa shape index (κ2) is 9.44. The molecule has 0 unspecified atom stereocenters. The van der Waals surface area contributed by atoms with Gasteiger partial charge in [0.1, 0.15) is 0 Å². The summed E-state index contributed by atoms with van der Waals surface area (Å²) in [7, 11) is 0.369. The first-order chi connectivity index (χ1) is 15.3. The van der Waals surface area contributed by atoms with E-state index in [0.717, 1.165) is 23.1 Å². The lowest BCUT2D eigenvalue weighted by molar-refractivity contribution is 0.0985. The summed E-state index contributed by atoms with van der Waals surface area (Å²) in [5.41, 5.74) is 1.20. The van der Waals surface area contributed by atoms with Crippen molar-refractivity contribution in [3.05, 3.63) is 53.1 Å². The minimum atomic E-state index is -3.52. The minimum Gasteiger partial charge on any atom is -0.308 e. The SMILES string of the molecule is CN(C)CCN(C(=O)c1ccc(S(=O)(=O)N2CCCC2)cc1)c1nc2ccc(Cl)cc2s1. The van der Waals surface area contributed by atoms with Crippen LogP contribution in [0.25, 0.3) is 10.2 Å². The Morgan fingerprint density at radius 1 is 1.09 bits per heavy atom. The third kappa shape index (κ3) is 4.82. The number of nitrogens with zero attached hydrogens (tertiary/aromatic N) is 4. The van der Waals surface area contributed by atoms with Gasteiger partial charge in [-0.25, -0.2) is 13.4 Å². The molecule has 3 aromatic rings. The monoisotopic (exact) mass is 492 g/mol. The number of aromatic nitrogens is 1. The Morgan fingerprint density at radius 3 is 2.44 bits per heavy atom. The van der Waals surface area contributed by atoms with Crippen LogP contribution in [0.2, 0.25) is 5.02 Å². The van der Waals surface area contributed by atoms with Gasteiger partial charge >= 0.3 is 0 Å². The molecule has 1 aliphatic rings. The number of halogens is 1. The maximum atomic E-state index is 13.4. The minimum absolute atomic E-state index is 0.213. The lowest BCUT2D eigenvalue weighted by Crippen LogP contribution is -2.36. The predicted molar refractivity (Wildman–Crippen MR) is 129 cm³/mol. The smallest absolute Gasteiger partial charge is 0.260 e. The molecule has 7 nitrogen and oxygen atoms in total. The van der Waals surface area contributed by atoms with Crippen LogP contribution in [0.3, 0.4) is 0 Å². The van der Waals surface area contributed by atoms with Crippen LogP contribution in [0, 0.1) is 0 Å². The lowest BCUT2D eigenvalue weighted by atomic mass is 10.2. The van der Waals surface area contributed by atoms with E-state index in [2.05, 4.69) is 4.98 Å². The van der Waals surface area contributed by atoms with Gasteiger partial charge in [-0.3, -0.25) is 9.69 Å². The van der Waals surface area contributed by atoms with Crippen LogP contribution >= 0.6 is 22.9 Å². The molecule has 2 heterocycles. The normalized spacial score (nSPS) is 15.0. The summed E-state index contributed by atoms with van der Waals surface area (Å²) in [5.74, 6) is -0.220. The van der Waals surface area contributed by atoms with Gasteiger partial charge < -0.3 is 4.90 Å². The highest BCUT2D eigenvalue weighted by Crippen LogP contribution is 2.31. The van der Waals surface area contributed by atoms with Gasteiger partial charge in [0.15, 0.2) is 5.13 Å². The summed E-state index contributed by atoms with van der Waals surface area (Å²) in [6.45, 7) is 2.20. The molecule has 0 aliphatic carbocycles. The van der Waals surface area contributed by atoms with E-state index >= 15 is 0 Å². The van der Waals surface area contributed by atoms with Crippen molar-refractivity contribution in [2.45, 2.75) is 17.7 Å². The van der Waals surface area contributed by atoms with Gasteiger partial charge in [-0.15, -0.1) is 0 Å². The van der Waals surface area contributed by atoms with Crippen LogP contribution in [0.4, 0.5) is 5.13 Å². The summed E-state index contributed by atoms with van der Waals surface area (Å²) >= 11 is 7.51. The van der Waals surface area contributed by atoms with Crippen molar-refractivity contribution < 1.29 is 13.2 Å². The fraction of sp³-hybridized carbons (Fsp3) is 0.364. The maximum Gasteiger partial charge on any atom is 0.260 e. The van der Waals surface area contributed by atoms with E-state index in [0.29, 0.717) is 41.9 Å². The summed E-state index contributed by atoms with van der Waals surface area (Å²) < 4.78 is 28.0. The largest absolute Gasteiger partial charge is 0.308 e. The van der Waals surface area contributed by atoms with Crippen molar-refractivity contribution in [3.63, 3.8) is 0 Å². The molecule has 0 saturated carbocycles. The number of fused-ring (bicyclic) bond motifs is 1. The first-order valence-corrected chi connectivity index (χ1v) is 13.0. The number of amides is 1. The molecule has 2 aromatic carbocycles. The van der Waals surface area contributed by atoms with E-state index in [4.69, 9.17) is 11.6 Å². The lowest BCUT2D eigenvalue weighted by Gasteiger charge is -2.22. The fourth-order valence-electron chi connectivity index (χ4n) is 3.59. The highest BCUT2D eigenvalue weighted by atomic mass is 35.5. The topological polar surface area (TPSA) is 73.8 Å². The van der Waals surface area contributed by atoms with Gasteiger partial charge in [-0.05, 0) is 69.4 Å². The molecule has 0 spiro atoms. The molecule has 1 amide bonds. The molecule has 32 heavy (non-hydrogen) atoms. The Hall–Kier alpha value is -2.04. The van der Waals surface area contributed by atoms with Gasteiger partial charge in [0.25, 0.3) is 5.91 Å². The van der Waals surface area contributed by atoms with E-state index in [9.17, 15) is 13.2 Å². The number of thiazole rings is 1. The van der Waals surface area contributed by atoms with Crippen molar-refractivity contribution in [1.82, 2.24) is 14.2 Å². The molecule has 0 radical (unpaired) electrons. The Balaban J connectivity index is 1.63. The predicted octanol–water partition coefficient (Wildman–Crippen LogP) is 3.94. The molecule has 0 bridgehead atoms. The Kier molecular flexibility index (Phi) is 6.83. The van der Waals surface area contributed by atoms with Gasteiger partial charge in [-0.2, -0.15) is 4.31 Å². The summed E-state index contributed by atoms with van der Waals surface area (Å²) in [5, 5.41) is 1.21. The standard InChI is InChI=1S/C22H25ClN4O3S2/c1-25(2)13-14-27(22-24-19-10-7-17(23)15-20(19)31-22)21(28)16-5-8-18(9-6-16)32(29,30)26-11-3-4-12-26/h5-10,15H,3-4,11-14H2,1-2H3. The first kappa shape index (κ1) is 23.1. The van der Waals surface area contributed by atoms with Gasteiger partial charge in [0.2, 0.25) is 10.0 Å². The number of carbonyl (C=O) groups excluding carboxylic acids is 1. The third-order valence-electron chi connectivity index (χ3n) is 5.39. The maximum absolute atomic E-state index is 13.4. The van der Waals surface area contributed by atoms with Crippen molar-refractivity contribution in [2.75, 3.05) is 45.2 Å². The van der Waals surface area contributed by atoms with Crippen LogP contribution in [0.1, 0.15) is 23.2 Å². The quantitative estimate of drug-likeness (QED) is 0.499. The highest BCUT2D eigenvalue weighted by Gasteiger charge is 2.28. The fourth-order valence-corrected chi connectivity index (χ4v) is 6.37. The zero-order valence-electron chi connectivity index (χ0n) is 18.0. The molecule has 4 rings (SSSR count). The molecule has 170 valence electrons. The zero-order valence-corrected chi connectivity index (χ0v) is 20.4. The van der Waals surface area contributed by atoms with Crippen LogP contribution < -0.4 is 4.90 Å². The van der Waals surface area contributed by atoms with E-state index in [1.165, 1.54) is 27.8 Å². The molecule has 1 aliphatic heterocycles. The number of hydrogen-bond acceptors (Lipinski definition) is 6. The van der Waals surface area contributed by atoms with Gasteiger partial charge in [0.05, 0.1) is 15.1 Å². The summed E-state index contributed by atoms with van der Waals surface area (Å²) in [6, 6.07) is 11.6. The molecule has 0 atom stereocenters. The van der Waals surface area contributed by atoms with Crippen molar-refractivity contribution in [3.8, 4) is 0 Å². The Labute approximate surface area is 197 Å². The second-order valence-electron chi connectivity index (χ2n) is 8.00. The van der Waals surface area contributed by atoms with Crippen LogP contribution in [-0.2, 0) is 10.0 Å². The number of likely N-dealkylation sites (N-methyl/N-ethyl adjacent to an activating group) is 1. The number of anilines is 1. The van der Waals surface area contributed by atoms with Crippen LogP contribution in [0.5, 0.6) is 0 Å². The van der Waals surface area contributed by atoms with Crippen molar-refractivity contribution >= 4 is 54.2 Å². The summed E-state index contributed by atoms with van der Waals surface area (Å²) in [4.78, 5) is 21.9. The van der Waals surface area contributed by atoms with Crippen LogP contribution in [0.15, 0.2) is 47.4 Å². The van der Waals surface area contributed by atoms with Gasteiger partial charge in [-0.1, -0.05) is 22.9 Å². The molecule has 0 N–H and O–H groups in total.